The van der Waals surface area contributed by atoms with E-state index < -0.39 is 0 Å². The van der Waals surface area contributed by atoms with Crippen LogP contribution in [-0.4, -0.2) is 12.5 Å². The van der Waals surface area contributed by atoms with Crippen LogP contribution >= 0.6 is 51.2 Å². The molecule has 0 unspecified atom stereocenters. The van der Waals surface area contributed by atoms with Crippen molar-refractivity contribution in [3.8, 4) is 0 Å². The summed E-state index contributed by atoms with van der Waals surface area (Å²) < 4.78 is 1.09. The summed E-state index contributed by atoms with van der Waals surface area (Å²) >= 11 is 5.19. The number of halogens is 2. The van der Waals surface area contributed by atoms with E-state index in [0.717, 1.165) is 23.5 Å². The van der Waals surface area contributed by atoms with Gasteiger partial charge in [0.05, 0.1) is 6.54 Å². The van der Waals surface area contributed by atoms with Crippen LogP contribution in [0.3, 0.4) is 0 Å². The fraction of sp³-hybridized carbons (Fsp3) is 0.267. The van der Waals surface area contributed by atoms with E-state index in [0.29, 0.717) is 6.54 Å². The van der Waals surface area contributed by atoms with Crippen molar-refractivity contribution < 1.29 is 0 Å². The summed E-state index contributed by atoms with van der Waals surface area (Å²) in [6, 6.07) is 10.4. The van der Waals surface area contributed by atoms with Gasteiger partial charge in [-0.15, -0.1) is 24.0 Å². The number of benzene rings is 1. The molecule has 3 nitrogen and oxygen atoms in total. The number of thiophene rings is 1. The van der Waals surface area contributed by atoms with Crippen LogP contribution in [0.1, 0.15) is 18.1 Å². The van der Waals surface area contributed by atoms with E-state index in [-0.39, 0.29) is 24.0 Å². The molecular weight excluding hydrogens is 461 g/mol. The maximum absolute atomic E-state index is 4.58. The zero-order chi connectivity index (χ0) is 14.2. The molecule has 0 aliphatic carbocycles. The molecule has 0 aliphatic rings. The Labute approximate surface area is 155 Å². The first-order chi connectivity index (χ1) is 9.78. The highest BCUT2D eigenvalue weighted by Crippen LogP contribution is 2.11. The normalized spacial score (nSPS) is 10.9. The smallest absolute Gasteiger partial charge is 0.191 e. The number of rotatable bonds is 5. The number of aliphatic imine (C=N–C) groups is 1. The molecule has 0 aliphatic heterocycles. The van der Waals surface area contributed by atoms with E-state index in [1.807, 2.05) is 12.1 Å². The molecule has 0 amide bonds. The highest BCUT2D eigenvalue weighted by molar-refractivity contribution is 14.0. The van der Waals surface area contributed by atoms with Crippen LogP contribution in [0.2, 0.25) is 0 Å². The van der Waals surface area contributed by atoms with Crippen molar-refractivity contribution in [2.45, 2.75) is 20.0 Å². The molecule has 2 aromatic rings. The summed E-state index contributed by atoms with van der Waals surface area (Å²) in [5.74, 6) is 0.846. The van der Waals surface area contributed by atoms with Gasteiger partial charge in [0.15, 0.2) is 5.96 Å². The van der Waals surface area contributed by atoms with Crippen LogP contribution in [0, 0.1) is 0 Å². The van der Waals surface area contributed by atoms with Crippen molar-refractivity contribution in [1.29, 1.82) is 0 Å². The second kappa shape index (κ2) is 10.2. The second-order valence-electron chi connectivity index (χ2n) is 4.31. The van der Waals surface area contributed by atoms with Crippen molar-refractivity contribution in [1.82, 2.24) is 10.6 Å². The van der Waals surface area contributed by atoms with Gasteiger partial charge in [0.1, 0.15) is 0 Å². The first-order valence-corrected chi connectivity index (χ1v) is 8.29. The molecule has 0 saturated carbocycles. The van der Waals surface area contributed by atoms with Gasteiger partial charge in [0.25, 0.3) is 0 Å². The number of hydrogen-bond acceptors (Lipinski definition) is 2. The van der Waals surface area contributed by atoms with E-state index in [4.69, 9.17) is 0 Å². The highest BCUT2D eigenvalue weighted by atomic mass is 127. The molecule has 0 radical (unpaired) electrons. The molecule has 21 heavy (non-hydrogen) atoms. The molecule has 0 saturated heterocycles. The summed E-state index contributed by atoms with van der Waals surface area (Å²) in [5.41, 5.74) is 2.47. The minimum Gasteiger partial charge on any atom is -0.357 e. The molecule has 2 N–H and O–H groups in total. The van der Waals surface area contributed by atoms with Crippen molar-refractivity contribution in [3.05, 3.63) is 56.7 Å². The van der Waals surface area contributed by atoms with Gasteiger partial charge >= 0.3 is 0 Å². The Morgan fingerprint density at radius 3 is 2.76 bits per heavy atom. The predicted octanol–water partition coefficient (Wildman–Crippen LogP) is 4.38. The first-order valence-electron chi connectivity index (χ1n) is 6.55. The molecule has 1 aromatic carbocycles. The molecule has 1 heterocycles. The van der Waals surface area contributed by atoms with Gasteiger partial charge in [0.2, 0.25) is 0 Å². The van der Waals surface area contributed by atoms with Gasteiger partial charge < -0.3 is 10.6 Å². The van der Waals surface area contributed by atoms with Crippen LogP contribution in [0.15, 0.2) is 50.6 Å². The van der Waals surface area contributed by atoms with Gasteiger partial charge in [0, 0.05) is 17.6 Å². The maximum Gasteiger partial charge on any atom is 0.191 e. The number of guanidine groups is 1. The highest BCUT2D eigenvalue weighted by Gasteiger charge is 1.99. The summed E-state index contributed by atoms with van der Waals surface area (Å²) in [5, 5.41) is 10.8. The maximum atomic E-state index is 4.58. The fourth-order valence-corrected chi connectivity index (χ4v) is 2.83. The van der Waals surface area contributed by atoms with E-state index in [1.54, 1.807) is 11.3 Å². The van der Waals surface area contributed by atoms with Gasteiger partial charge in [-0.05, 0) is 47.0 Å². The van der Waals surface area contributed by atoms with Crippen LogP contribution in [0.4, 0.5) is 0 Å². The lowest BCUT2D eigenvalue weighted by atomic mass is 10.2. The Bertz CT molecular complexity index is 558. The SMILES string of the molecule is CCNC(=NCc1ccsc1)NCc1cccc(Br)c1.I. The molecule has 0 atom stereocenters. The summed E-state index contributed by atoms with van der Waals surface area (Å²) in [6.45, 7) is 4.39. The lowest BCUT2D eigenvalue weighted by Crippen LogP contribution is -2.36. The van der Waals surface area contributed by atoms with Crippen LogP contribution < -0.4 is 10.6 Å². The van der Waals surface area contributed by atoms with Crippen molar-refractivity contribution in [2.75, 3.05) is 6.54 Å². The lowest BCUT2D eigenvalue weighted by Gasteiger charge is -2.11. The summed E-state index contributed by atoms with van der Waals surface area (Å²) in [4.78, 5) is 4.58. The largest absolute Gasteiger partial charge is 0.357 e. The first kappa shape index (κ1) is 18.4. The van der Waals surface area contributed by atoms with Crippen LogP contribution in [-0.2, 0) is 13.1 Å². The Kier molecular flexibility index (Phi) is 8.94. The molecule has 6 heteroatoms. The van der Waals surface area contributed by atoms with Gasteiger partial charge in [-0.1, -0.05) is 28.1 Å². The quantitative estimate of drug-likeness (QED) is 0.379. The van der Waals surface area contributed by atoms with Crippen LogP contribution in [0.25, 0.3) is 0 Å². The van der Waals surface area contributed by atoms with Gasteiger partial charge in [-0.3, -0.25) is 0 Å². The third-order valence-corrected chi connectivity index (χ3v) is 3.92. The number of hydrogen-bond donors (Lipinski definition) is 2. The number of nitrogens with zero attached hydrogens (tertiary/aromatic N) is 1. The van der Waals surface area contributed by atoms with Gasteiger partial charge in [-0.25, -0.2) is 4.99 Å². The third-order valence-electron chi connectivity index (χ3n) is 2.69. The Balaban J connectivity index is 0.00000220. The lowest BCUT2D eigenvalue weighted by molar-refractivity contribution is 0.816. The minimum absolute atomic E-state index is 0. The molecule has 0 bridgehead atoms. The van der Waals surface area contributed by atoms with E-state index >= 15 is 0 Å². The summed E-state index contributed by atoms with van der Waals surface area (Å²) in [6.07, 6.45) is 0. The van der Waals surface area contributed by atoms with Crippen molar-refractivity contribution >= 4 is 57.2 Å². The third kappa shape index (κ3) is 6.80. The van der Waals surface area contributed by atoms with Crippen molar-refractivity contribution in [2.24, 2.45) is 4.99 Å². The van der Waals surface area contributed by atoms with Gasteiger partial charge in [-0.2, -0.15) is 11.3 Å². The monoisotopic (exact) mass is 479 g/mol. The minimum atomic E-state index is 0. The molecule has 0 spiro atoms. The standard InChI is InChI=1S/C15H18BrN3S.HI/c1-2-17-15(19-10-13-6-7-20-11-13)18-9-12-4-3-5-14(16)8-12;/h3-8,11H,2,9-10H2,1H3,(H2,17,18,19);1H. The Hall–Kier alpha value is -0.600. The molecule has 1 aromatic heterocycles. The van der Waals surface area contributed by atoms with E-state index in [9.17, 15) is 0 Å². The predicted molar refractivity (Wildman–Crippen MR) is 106 cm³/mol. The topological polar surface area (TPSA) is 36.4 Å². The molecular formula is C15H19BrIN3S. The van der Waals surface area contributed by atoms with E-state index in [1.165, 1.54) is 11.1 Å². The van der Waals surface area contributed by atoms with Crippen molar-refractivity contribution in [3.63, 3.8) is 0 Å². The molecule has 0 fully saturated rings. The average molecular weight is 480 g/mol. The molecule has 114 valence electrons. The Morgan fingerprint density at radius 1 is 1.24 bits per heavy atom. The number of nitrogens with one attached hydrogen (secondary N) is 2. The summed E-state index contributed by atoms with van der Waals surface area (Å²) in [7, 11) is 0. The zero-order valence-electron chi connectivity index (χ0n) is 11.8. The van der Waals surface area contributed by atoms with Crippen LogP contribution in [0.5, 0.6) is 0 Å². The van der Waals surface area contributed by atoms with E-state index in [2.05, 4.69) is 67.4 Å². The molecule has 2 rings (SSSR count). The zero-order valence-corrected chi connectivity index (χ0v) is 16.5. The average Bonchev–Trinajstić information content (AvgIpc) is 2.95. The second-order valence-corrected chi connectivity index (χ2v) is 6.01. The fourth-order valence-electron chi connectivity index (χ4n) is 1.73. The Morgan fingerprint density at radius 2 is 2.10 bits per heavy atom.